The lowest BCUT2D eigenvalue weighted by molar-refractivity contribution is -0.108. The molecule has 1 aliphatic heterocycles. The molecule has 102 valence electrons. The monoisotopic (exact) mass is 274 g/mol. The van der Waals surface area contributed by atoms with Crippen LogP contribution in [0, 0.1) is 6.92 Å². The fourth-order valence-corrected chi connectivity index (χ4v) is 3.03. The highest BCUT2D eigenvalue weighted by Gasteiger charge is 2.28. The van der Waals surface area contributed by atoms with Gasteiger partial charge in [-0.05, 0) is 23.9 Å². The Balaban J connectivity index is 2.03. The lowest BCUT2D eigenvalue weighted by Gasteiger charge is -2.26. The molecule has 21 heavy (non-hydrogen) atoms. The molecule has 0 amide bonds. The van der Waals surface area contributed by atoms with Crippen LogP contribution in [0.1, 0.15) is 22.6 Å². The third-order valence-corrected chi connectivity index (χ3v) is 4.10. The molecule has 0 saturated carbocycles. The third-order valence-electron chi connectivity index (χ3n) is 4.10. The van der Waals surface area contributed by atoms with E-state index >= 15 is 0 Å². The van der Waals surface area contributed by atoms with E-state index in [1.54, 1.807) is 0 Å². The van der Waals surface area contributed by atoms with Crippen LogP contribution in [0.15, 0.2) is 54.6 Å². The summed E-state index contributed by atoms with van der Waals surface area (Å²) >= 11 is 0. The smallest absolute Gasteiger partial charge is 0.139 e. The molecule has 1 atom stereocenters. The van der Waals surface area contributed by atoms with Gasteiger partial charge in [0.05, 0.1) is 5.92 Å². The minimum Gasteiger partial charge on any atom is -0.456 e. The summed E-state index contributed by atoms with van der Waals surface area (Å²) in [4.78, 5) is 11.7. The SMILES string of the molecule is Cc1ccc2c(c1)Oc1c(ccc3ccccc13)C2C=O. The van der Waals surface area contributed by atoms with Gasteiger partial charge in [-0.3, -0.25) is 0 Å². The average Bonchev–Trinajstić information content (AvgIpc) is 2.52. The van der Waals surface area contributed by atoms with Crippen molar-refractivity contribution >= 4 is 17.1 Å². The largest absolute Gasteiger partial charge is 0.456 e. The molecule has 0 aliphatic carbocycles. The maximum absolute atomic E-state index is 11.7. The van der Waals surface area contributed by atoms with E-state index in [-0.39, 0.29) is 5.92 Å². The highest BCUT2D eigenvalue weighted by molar-refractivity contribution is 5.92. The second-order valence-electron chi connectivity index (χ2n) is 5.46. The lowest BCUT2D eigenvalue weighted by atomic mass is 9.87. The highest BCUT2D eigenvalue weighted by Crippen LogP contribution is 2.46. The Morgan fingerprint density at radius 2 is 1.81 bits per heavy atom. The zero-order valence-electron chi connectivity index (χ0n) is 11.7. The topological polar surface area (TPSA) is 26.3 Å². The van der Waals surface area contributed by atoms with E-state index in [9.17, 15) is 4.79 Å². The first-order valence-electron chi connectivity index (χ1n) is 7.03. The maximum atomic E-state index is 11.7. The highest BCUT2D eigenvalue weighted by atomic mass is 16.5. The van der Waals surface area contributed by atoms with Crippen LogP contribution < -0.4 is 4.74 Å². The van der Waals surface area contributed by atoms with Crippen molar-refractivity contribution < 1.29 is 9.53 Å². The molecule has 0 radical (unpaired) electrons. The molecule has 2 heteroatoms. The molecule has 0 aromatic heterocycles. The fraction of sp³-hybridized carbons (Fsp3) is 0.105. The van der Waals surface area contributed by atoms with Gasteiger partial charge in [-0.15, -0.1) is 0 Å². The Bertz CT molecular complexity index is 865. The number of ether oxygens (including phenoxy) is 1. The summed E-state index contributed by atoms with van der Waals surface area (Å²) in [5, 5.41) is 2.17. The summed E-state index contributed by atoms with van der Waals surface area (Å²) in [7, 11) is 0. The number of fused-ring (bicyclic) bond motifs is 4. The van der Waals surface area contributed by atoms with Gasteiger partial charge in [0.1, 0.15) is 17.8 Å². The Morgan fingerprint density at radius 3 is 2.67 bits per heavy atom. The number of benzene rings is 3. The first kappa shape index (κ1) is 12.2. The molecule has 0 spiro atoms. The molecule has 0 saturated heterocycles. The lowest BCUT2D eigenvalue weighted by Crippen LogP contribution is -2.11. The molecule has 0 fully saturated rings. The number of carbonyl (C=O) groups excluding carboxylic acids is 1. The molecular formula is C19H14O2. The van der Waals surface area contributed by atoms with Crippen LogP contribution in [-0.4, -0.2) is 6.29 Å². The number of aryl methyl sites for hydroxylation is 1. The molecule has 3 aromatic carbocycles. The quantitative estimate of drug-likeness (QED) is 0.607. The van der Waals surface area contributed by atoms with E-state index < -0.39 is 0 Å². The molecular weight excluding hydrogens is 260 g/mol. The number of rotatable bonds is 1. The standard InChI is InChI=1S/C19H14O2/c1-12-6-8-15-17(11-20)16-9-7-13-4-2-3-5-14(13)19(16)21-18(15)10-12/h2-11,17H,1H3. The van der Waals surface area contributed by atoms with Crippen molar-refractivity contribution in [1.29, 1.82) is 0 Å². The Morgan fingerprint density at radius 1 is 1.00 bits per heavy atom. The second-order valence-corrected chi connectivity index (χ2v) is 5.46. The van der Waals surface area contributed by atoms with E-state index in [0.717, 1.165) is 45.2 Å². The van der Waals surface area contributed by atoms with Crippen molar-refractivity contribution in [2.24, 2.45) is 0 Å². The number of hydrogen-bond donors (Lipinski definition) is 0. The predicted molar refractivity (Wildman–Crippen MR) is 83.1 cm³/mol. The first-order valence-corrected chi connectivity index (χ1v) is 7.03. The van der Waals surface area contributed by atoms with E-state index in [1.165, 1.54) is 0 Å². The van der Waals surface area contributed by atoms with Gasteiger partial charge in [0.15, 0.2) is 0 Å². The van der Waals surface area contributed by atoms with Crippen molar-refractivity contribution in [1.82, 2.24) is 0 Å². The molecule has 1 heterocycles. The Labute approximate surface area is 123 Å². The normalized spacial score (nSPS) is 16.0. The van der Waals surface area contributed by atoms with Crippen molar-refractivity contribution in [3.8, 4) is 11.5 Å². The van der Waals surface area contributed by atoms with E-state index in [1.807, 2.05) is 55.5 Å². The van der Waals surface area contributed by atoms with Gasteiger partial charge in [-0.2, -0.15) is 0 Å². The molecule has 1 aliphatic rings. The molecule has 2 nitrogen and oxygen atoms in total. The third kappa shape index (κ3) is 1.76. The van der Waals surface area contributed by atoms with Crippen LogP contribution in [0.3, 0.4) is 0 Å². The van der Waals surface area contributed by atoms with Crippen molar-refractivity contribution in [3.63, 3.8) is 0 Å². The number of aldehydes is 1. The van der Waals surface area contributed by atoms with E-state index in [2.05, 4.69) is 6.07 Å². The summed E-state index contributed by atoms with van der Waals surface area (Å²) in [6.07, 6.45) is 1.00. The minimum absolute atomic E-state index is 0.256. The van der Waals surface area contributed by atoms with Gasteiger partial charge in [0, 0.05) is 16.5 Å². The van der Waals surface area contributed by atoms with Gasteiger partial charge in [-0.1, -0.05) is 48.5 Å². The van der Waals surface area contributed by atoms with Crippen LogP contribution in [-0.2, 0) is 4.79 Å². The molecule has 3 aromatic rings. The molecule has 0 N–H and O–H groups in total. The Hall–Kier alpha value is -2.61. The van der Waals surface area contributed by atoms with Crippen molar-refractivity contribution in [3.05, 3.63) is 71.3 Å². The summed E-state index contributed by atoms with van der Waals surface area (Å²) in [6, 6.07) is 18.1. The van der Waals surface area contributed by atoms with Gasteiger partial charge in [0.25, 0.3) is 0 Å². The van der Waals surface area contributed by atoms with Crippen LogP contribution in [0.25, 0.3) is 10.8 Å². The van der Waals surface area contributed by atoms with Crippen LogP contribution >= 0.6 is 0 Å². The van der Waals surface area contributed by atoms with Crippen LogP contribution in [0.2, 0.25) is 0 Å². The predicted octanol–water partition coefficient (Wildman–Crippen LogP) is 4.58. The van der Waals surface area contributed by atoms with Crippen molar-refractivity contribution in [2.45, 2.75) is 12.8 Å². The second kappa shape index (κ2) is 4.45. The van der Waals surface area contributed by atoms with Gasteiger partial charge in [-0.25, -0.2) is 0 Å². The summed E-state index contributed by atoms with van der Waals surface area (Å²) in [6.45, 7) is 2.03. The van der Waals surface area contributed by atoms with Crippen LogP contribution in [0.5, 0.6) is 11.5 Å². The maximum Gasteiger partial charge on any atom is 0.139 e. The van der Waals surface area contributed by atoms with Gasteiger partial charge >= 0.3 is 0 Å². The molecule has 4 rings (SSSR count). The number of carbonyl (C=O) groups is 1. The fourth-order valence-electron chi connectivity index (χ4n) is 3.03. The summed E-state index contributed by atoms with van der Waals surface area (Å²) < 4.78 is 6.14. The average molecular weight is 274 g/mol. The number of hydrogen-bond acceptors (Lipinski definition) is 2. The Kier molecular flexibility index (Phi) is 2.58. The first-order chi connectivity index (χ1) is 10.3. The summed E-state index contributed by atoms with van der Waals surface area (Å²) in [5.41, 5.74) is 3.01. The molecule has 1 unspecified atom stereocenters. The van der Waals surface area contributed by atoms with Gasteiger partial charge < -0.3 is 9.53 Å². The van der Waals surface area contributed by atoms with Crippen molar-refractivity contribution in [2.75, 3.05) is 0 Å². The zero-order valence-corrected chi connectivity index (χ0v) is 11.7. The minimum atomic E-state index is -0.256. The van der Waals surface area contributed by atoms with E-state index in [0.29, 0.717) is 0 Å². The molecule has 0 bridgehead atoms. The van der Waals surface area contributed by atoms with Gasteiger partial charge in [0.2, 0.25) is 0 Å². The zero-order chi connectivity index (χ0) is 14.4. The van der Waals surface area contributed by atoms with E-state index in [4.69, 9.17) is 4.74 Å². The summed E-state index contributed by atoms with van der Waals surface area (Å²) in [5.74, 6) is 1.34. The van der Waals surface area contributed by atoms with Crippen LogP contribution in [0.4, 0.5) is 0 Å².